The molecule has 0 radical (unpaired) electrons. The average Bonchev–Trinajstić information content (AvgIpc) is 2.31. The summed E-state index contributed by atoms with van der Waals surface area (Å²) in [6.45, 7) is 10.2. The largest absolute Gasteiger partial charge is 0.372 e. The highest BCUT2D eigenvalue weighted by Crippen LogP contribution is 2.24. The van der Waals surface area contributed by atoms with Crippen LogP contribution in [-0.4, -0.2) is 13.1 Å². The van der Waals surface area contributed by atoms with Crippen LogP contribution >= 0.6 is 0 Å². The standard InChI is InChI=1S/C14H20N2/c1-5-16(6-2)13-9-7-12(8-10-13)14(3,4)11-15/h7-10H,5-6H2,1-4H3. The predicted octanol–water partition coefficient (Wildman–Crippen LogP) is 3.33. The molecule has 1 aromatic rings. The number of benzene rings is 1. The smallest absolute Gasteiger partial charge is 0.0766 e. The predicted molar refractivity (Wildman–Crippen MR) is 68.6 cm³/mol. The molecule has 1 rings (SSSR count). The molecule has 0 aromatic heterocycles. The summed E-state index contributed by atoms with van der Waals surface area (Å²) in [5.74, 6) is 0. The molecule has 0 saturated carbocycles. The van der Waals surface area contributed by atoms with Crippen molar-refractivity contribution < 1.29 is 0 Å². The van der Waals surface area contributed by atoms with Crippen molar-refractivity contribution in [1.29, 1.82) is 5.26 Å². The van der Waals surface area contributed by atoms with Crippen LogP contribution < -0.4 is 4.90 Å². The van der Waals surface area contributed by atoms with E-state index in [0.29, 0.717) is 0 Å². The molecule has 0 N–H and O–H groups in total. The summed E-state index contributed by atoms with van der Waals surface area (Å²) in [6, 6.07) is 10.6. The maximum Gasteiger partial charge on any atom is 0.0766 e. The molecule has 2 heteroatoms. The van der Waals surface area contributed by atoms with Gasteiger partial charge in [-0.15, -0.1) is 0 Å². The lowest BCUT2D eigenvalue weighted by atomic mass is 9.86. The minimum absolute atomic E-state index is 0.401. The van der Waals surface area contributed by atoms with Gasteiger partial charge in [0, 0.05) is 18.8 Å². The Morgan fingerprint density at radius 2 is 1.62 bits per heavy atom. The minimum atomic E-state index is -0.401. The summed E-state index contributed by atoms with van der Waals surface area (Å²) in [6.07, 6.45) is 0. The second-order valence-electron chi connectivity index (χ2n) is 4.46. The van der Waals surface area contributed by atoms with Gasteiger partial charge in [-0.2, -0.15) is 5.26 Å². The molecule has 0 saturated heterocycles. The van der Waals surface area contributed by atoms with Gasteiger partial charge in [0.2, 0.25) is 0 Å². The molecule has 0 bridgehead atoms. The number of rotatable bonds is 4. The molecule has 0 fully saturated rings. The normalized spacial score (nSPS) is 10.9. The third kappa shape index (κ3) is 2.55. The molecule has 0 heterocycles. The molecule has 2 nitrogen and oxygen atoms in total. The van der Waals surface area contributed by atoms with Crippen LogP contribution in [0.25, 0.3) is 0 Å². The first-order chi connectivity index (χ1) is 7.55. The Morgan fingerprint density at radius 1 is 1.12 bits per heavy atom. The van der Waals surface area contributed by atoms with Crippen molar-refractivity contribution in [2.24, 2.45) is 0 Å². The van der Waals surface area contributed by atoms with Crippen molar-refractivity contribution >= 4 is 5.69 Å². The molecule has 0 aliphatic heterocycles. The fourth-order valence-electron chi connectivity index (χ4n) is 1.74. The SMILES string of the molecule is CCN(CC)c1ccc(C(C)(C)C#N)cc1. The molecule has 86 valence electrons. The highest BCUT2D eigenvalue weighted by atomic mass is 15.1. The van der Waals surface area contributed by atoms with Crippen molar-refractivity contribution in [3.8, 4) is 6.07 Å². The zero-order valence-electron chi connectivity index (χ0n) is 10.6. The molecule has 0 spiro atoms. The molecule has 0 atom stereocenters. The molecule has 0 aliphatic carbocycles. The van der Waals surface area contributed by atoms with Gasteiger partial charge in [-0.1, -0.05) is 12.1 Å². The molecule has 0 amide bonds. The average molecular weight is 216 g/mol. The van der Waals surface area contributed by atoms with Crippen LogP contribution in [0.5, 0.6) is 0 Å². The third-order valence-electron chi connectivity index (χ3n) is 3.00. The van der Waals surface area contributed by atoms with Gasteiger partial charge in [-0.25, -0.2) is 0 Å². The van der Waals surface area contributed by atoms with Gasteiger partial charge in [0.05, 0.1) is 11.5 Å². The van der Waals surface area contributed by atoms with Crippen LogP contribution in [0.2, 0.25) is 0 Å². The molecule has 1 aromatic carbocycles. The van der Waals surface area contributed by atoms with Gasteiger partial charge in [0.25, 0.3) is 0 Å². The van der Waals surface area contributed by atoms with Crippen molar-refractivity contribution in [1.82, 2.24) is 0 Å². The van der Waals surface area contributed by atoms with Crippen molar-refractivity contribution in [2.45, 2.75) is 33.1 Å². The summed E-state index contributed by atoms with van der Waals surface area (Å²) in [5.41, 5.74) is 1.90. The molecular weight excluding hydrogens is 196 g/mol. The van der Waals surface area contributed by atoms with Crippen LogP contribution in [0.15, 0.2) is 24.3 Å². The number of nitriles is 1. The Morgan fingerprint density at radius 3 is 2.00 bits per heavy atom. The summed E-state index contributed by atoms with van der Waals surface area (Å²) in [4.78, 5) is 2.29. The lowest BCUT2D eigenvalue weighted by Gasteiger charge is -2.22. The summed E-state index contributed by atoms with van der Waals surface area (Å²) in [7, 11) is 0. The van der Waals surface area contributed by atoms with Crippen molar-refractivity contribution in [2.75, 3.05) is 18.0 Å². The number of anilines is 1. The first-order valence-corrected chi connectivity index (χ1v) is 5.82. The fraction of sp³-hybridized carbons (Fsp3) is 0.500. The Kier molecular flexibility index (Phi) is 3.95. The minimum Gasteiger partial charge on any atom is -0.372 e. The molecular formula is C14H20N2. The van der Waals surface area contributed by atoms with Gasteiger partial charge in [-0.05, 0) is 45.4 Å². The molecule has 0 aliphatic rings. The Hall–Kier alpha value is -1.49. The van der Waals surface area contributed by atoms with E-state index in [1.165, 1.54) is 5.69 Å². The van der Waals surface area contributed by atoms with Crippen molar-refractivity contribution in [3.05, 3.63) is 29.8 Å². The van der Waals surface area contributed by atoms with E-state index in [-0.39, 0.29) is 0 Å². The first-order valence-electron chi connectivity index (χ1n) is 5.82. The second-order valence-corrected chi connectivity index (χ2v) is 4.46. The quantitative estimate of drug-likeness (QED) is 0.772. The summed E-state index contributed by atoms with van der Waals surface area (Å²) < 4.78 is 0. The highest BCUT2D eigenvalue weighted by molar-refractivity contribution is 5.49. The first kappa shape index (κ1) is 12.6. The van der Waals surface area contributed by atoms with Crippen LogP contribution in [0.4, 0.5) is 5.69 Å². The number of hydrogen-bond donors (Lipinski definition) is 0. The van der Waals surface area contributed by atoms with Gasteiger partial charge < -0.3 is 4.90 Å². The van der Waals surface area contributed by atoms with E-state index in [9.17, 15) is 0 Å². The van der Waals surface area contributed by atoms with Crippen LogP contribution in [0.1, 0.15) is 33.3 Å². The van der Waals surface area contributed by atoms with E-state index in [0.717, 1.165) is 18.7 Å². The number of nitrogens with zero attached hydrogens (tertiary/aromatic N) is 2. The van der Waals surface area contributed by atoms with Crippen LogP contribution in [0.3, 0.4) is 0 Å². The molecule has 0 unspecified atom stereocenters. The topological polar surface area (TPSA) is 27.0 Å². The Bertz CT molecular complexity index is 367. The van der Waals surface area contributed by atoms with Crippen LogP contribution in [0, 0.1) is 11.3 Å². The number of hydrogen-bond acceptors (Lipinski definition) is 2. The van der Waals surface area contributed by atoms with E-state index < -0.39 is 5.41 Å². The van der Waals surface area contributed by atoms with E-state index in [1.807, 2.05) is 13.8 Å². The fourth-order valence-corrected chi connectivity index (χ4v) is 1.74. The van der Waals surface area contributed by atoms with Gasteiger partial charge in [0.15, 0.2) is 0 Å². The Balaban J connectivity index is 2.96. The maximum atomic E-state index is 9.06. The van der Waals surface area contributed by atoms with Crippen LogP contribution in [-0.2, 0) is 5.41 Å². The Labute approximate surface area is 98.5 Å². The van der Waals surface area contributed by atoms with E-state index >= 15 is 0 Å². The zero-order chi connectivity index (χ0) is 12.2. The van der Waals surface area contributed by atoms with Gasteiger partial charge in [0.1, 0.15) is 0 Å². The maximum absolute atomic E-state index is 9.06. The van der Waals surface area contributed by atoms with E-state index in [1.54, 1.807) is 0 Å². The third-order valence-corrected chi connectivity index (χ3v) is 3.00. The zero-order valence-corrected chi connectivity index (χ0v) is 10.6. The van der Waals surface area contributed by atoms with E-state index in [2.05, 4.69) is 49.1 Å². The summed E-state index contributed by atoms with van der Waals surface area (Å²) >= 11 is 0. The van der Waals surface area contributed by atoms with Gasteiger partial charge in [-0.3, -0.25) is 0 Å². The highest BCUT2D eigenvalue weighted by Gasteiger charge is 2.19. The van der Waals surface area contributed by atoms with Gasteiger partial charge >= 0.3 is 0 Å². The monoisotopic (exact) mass is 216 g/mol. The lowest BCUT2D eigenvalue weighted by Crippen LogP contribution is -2.22. The van der Waals surface area contributed by atoms with E-state index in [4.69, 9.17) is 5.26 Å². The second kappa shape index (κ2) is 5.03. The molecule has 16 heavy (non-hydrogen) atoms. The van der Waals surface area contributed by atoms with Crippen molar-refractivity contribution in [3.63, 3.8) is 0 Å². The summed E-state index contributed by atoms with van der Waals surface area (Å²) in [5, 5.41) is 9.06. The lowest BCUT2D eigenvalue weighted by molar-refractivity contribution is 0.686.